The van der Waals surface area contributed by atoms with Crippen molar-refractivity contribution in [3.8, 4) is 11.4 Å². The smallest absolute Gasteiger partial charge is 0.228 e. The van der Waals surface area contributed by atoms with E-state index in [0.717, 1.165) is 30.4 Å². The lowest BCUT2D eigenvalue weighted by atomic mass is 9.84. The van der Waals surface area contributed by atoms with E-state index in [4.69, 9.17) is 4.52 Å². The fraction of sp³-hybridized carbons (Fsp3) is 0.375. The summed E-state index contributed by atoms with van der Waals surface area (Å²) in [5.41, 5.74) is 3.27. The lowest BCUT2D eigenvalue weighted by molar-refractivity contribution is -0.140. The third-order valence-electron chi connectivity index (χ3n) is 5.83. The van der Waals surface area contributed by atoms with E-state index in [1.165, 1.54) is 5.56 Å². The first-order chi connectivity index (χ1) is 14.1. The quantitative estimate of drug-likeness (QED) is 0.572. The molecule has 0 N–H and O–H groups in total. The monoisotopic (exact) mass is 389 g/mol. The molecule has 4 rings (SSSR count). The summed E-state index contributed by atoms with van der Waals surface area (Å²) < 4.78 is 5.47. The van der Waals surface area contributed by atoms with Crippen molar-refractivity contribution in [1.82, 2.24) is 15.0 Å². The standard InChI is InChI=1S/C24H27N3O2/c1-17-11-13-20(14-12-17)23-25-22(29-26-23)15-16-27(24(28)21-9-6-10-21)18(2)19-7-4-3-5-8-19/h3-5,7-8,11-14,18,21H,6,9-10,15-16H2,1-2H3/t18-/m1/s1. The second-order valence-electron chi connectivity index (χ2n) is 7.87. The number of benzene rings is 2. The van der Waals surface area contributed by atoms with Crippen LogP contribution in [0.15, 0.2) is 59.1 Å². The molecular weight excluding hydrogens is 362 g/mol. The number of hydrogen-bond acceptors (Lipinski definition) is 4. The molecule has 0 bridgehead atoms. The normalized spacial score (nSPS) is 15.0. The predicted molar refractivity (Wildman–Crippen MR) is 112 cm³/mol. The van der Waals surface area contributed by atoms with Gasteiger partial charge in [0.25, 0.3) is 0 Å². The second kappa shape index (κ2) is 8.60. The predicted octanol–water partition coefficient (Wildman–Crippen LogP) is 4.98. The van der Waals surface area contributed by atoms with Crippen LogP contribution in [0, 0.1) is 12.8 Å². The van der Waals surface area contributed by atoms with Crippen LogP contribution >= 0.6 is 0 Å². The van der Waals surface area contributed by atoms with E-state index in [-0.39, 0.29) is 17.9 Å². The van der Waals surface area contributed by atoms with Gasteiger partial charge in [0, 0.05) is 24.4 Å². The molecule has 3 aromatic rings. The molecule has 1 aromatic heterocycles. The zero-order valence-electron chi connectivity index (χ0n) is 17.0. The van der Waals surface area contributed by atoms with Gasteiger partial charge < -0.3 is 9.42 Å². The largest absolute Gasteiger partial charge is 0.339 e. The average molecular weight is 389 g/mol. The number of hydrogen-bond donors (Lipinski definition) is 0. The van der Waals surface area contributed by atoms with Crippen molar-refractivity contribution in [2.75, 3.05) is 6.54 Å². The summed E-state index contributed by atoms with van der Waals surface area (Å²) in [6.45, 7) is 4.71. The van der Waals surface area contributed by atoms with Crippen LogP contribution in [0.25, 0.3) is 11.4 Å². The number of carbonyl (C=O) groups is 1. The van der Waals surface area contributed by atoms with Crippen molar-refractivity contribution in [2.45, 2.75) is 45.6 Å². The number of nitrogens with zero attached hydrogens (tertiary/aromatic N) is 3. The van der Waals surface area contributed by atoms with Crippen molar-refractivity contribution in [3.63, 3.8) is 0 Å². The number of aryl methyl sites for hydroxylation is 1. The number of amides is 1. The maximum absolute atomic E-state index is 13.1. The molecule has 1 fully saturated rings. The van der Waals surface area contributed by atoms with Crippen molar-refractivity contribution < 1.29 is 9.32 Å². The molecule has 0 aliphatic heterocycles. The Labute approximate surface area is 171 Å². The van der Waals surface area contributed by atoms with E-state index in [9.17, 15) is 4.79 Å². The van der Waals surface area contributed by atoms with Crippen LogP contribution in [0.1, 0.15) is 49.2 Å². The van der Waals surface area contributed by atoms with Gasteiger partial charge in [-0.2, -0.15) is 4.98 Å². The highest BCUT2D eigenvalue weighted by atomic mass is 16.5. The van der Waals surface area contributed by atoms with E-state index in [1.807, 2.05) is 54.3 Å². The van der Waals surface area contributed by atoms with E-state index in [1.54, 1.807) is 0 Å². The Hall–Kier alpha value is -2.95. The average Bonchev–Trinajstić information content (AvgIpc) is 3.17. The van der Waals surface area contributed by atoms with Crippen molar-refractivity contribution in [3.05, 3.63) is 71.6 Å². The first-order valence-corrected chi connectivity index (χ1v) is 10.4. The van der Waals surface area contributed by atoms with Crippen LogP contribution in [0.4, 0.5) is 0 Å². The Bertz CT molecular complexity index is 946. The molecule has 1 heterocycles. The fourth-order valence-electron chi connectivity index (χ4n) is 3.69. The molecule has 0 spiro atoms. The summed E-state index contributed by atoms with van der Waals surface area (Å²) >= 11 is 0. The summed E-state index contributed by atoms with van der Waals surface area (Å²) in [6.07, 6.45) is 3.69. The van der Waals surface area contributed by atoms with Crippen molar-refractivity contribution >= 4 is 5.91 Å². The van der Waals surface area contributed by atoms with Crippen LogP contribution in [-0.2, 0) is 11.2 Å². The van der Waals surface area contributed by atoms with Crippen LogP contribution in [0.2, 0.25) is 0 Å². The first kappa shape index (κ1) is 19.4. The third-order valence-corrected chi connectivity index (χ3v) is 5.83. The first-order valence-electron chi connectivity index (χ1n) is 10.4. The summed E-state index contributed by atoms with van der Waals surface area (Å²) in [6, 6.07) is 18.3. The van der Waals surface area contributed by atoms with Crippen LogP contribution in [0.3, 0.4) is 0 Å². The summed E-state index contributed by atoms with van der Waals surface area (Å²) in [7, 11) is 0. The number of aromatic nitrogens is 2. The van der Waals surface area contributed by atoms with Crippen LogP contribution in [-0.4, -0.2) is 27.5 Å². The Morgan fingerprint density at radius 2 is 1.86 bits per heavy atom. The summed E-state index contributed by atoms with van der Waals surface area (Å²) in [5, 5.41) is 4.11. The SMILES string of the molecule is Cc1ccc(-c2noc(CCN(C(=O)C3CCC3)[C@H](C)c3ccccc3)n2)cc1. The Balaban J connectivity index is 1.48. The van der Waals surface area contributed by atoms with Gasteiger partial charge in [0.15, 0.2) is 0 Å². The highest BCUT2D eigenvalue weighted by Crippen LogP contribution is 2.32. The van der Waals surface area contributed by atoms with Crippen LogP contribution < -0.4 is 0 Å². The van der Waals surface area contributed by atoms with Gasteiger partial charge >= 0.3 is 0 Å². The van der Waals surface area contributed by atoms with Gasteiger partial charge in [0.2, 0.25) is 17.6 Å². The highest BCUT2D eigenvalue weighted by molar-refractivity contribution is 5.80. The van der Waals surface area contributed by atoms with E-state index in [0.29, 0.717) is 24.7 Å². The minimum atomic E-state index is 0.0174. The molecule has 0 unspecified atom stereocenters. The Morgan fingerprint density at radius 1 is 1.14 bits per heavy atom. The molecule has 1 atom stereocenters. The summed E-state index contributed by atoms with van der Waals surface area (Å²) in [4.78, 5) is 19.6. The molecule has 0 radical (unpaired) electrons. The lowest BCUT2D eigenvalue weighted by Gasteiger charge is -2.35. The van der Waals surface area contributed by atoms with Gasteiger partial charge in [-0.15, -0.1) is 0 Å². The molecule has 5 nitrogen and oxygen atoms in total. The van der Waals surface area contributed by atoms with Gasteiger partial charge in [-0.05, 0) is 32.3 Å². The Morgan fingerprint density at radius 3 is 2.52 bits per heavy atom. The lowest BCUT2D eigenvalue weighted by Crippen LogP contribution is -2.41. The number of carbonyl (C=O) groups excluding carboxylic acids is 1. The molecule has 1 amide bonds. The molecule has 1 aliphatic carbocycles. The van der Waals surface area contributed by atoms with Crippen LogP contribution in [0.5, 0.6) is 0 Å². The van der Waals surface area contributed by atoms with E-state index in [2.05, 4.69) is 29.2 Å². The Kier molecular flexibility index (Phi) is 5.74. The van der Waals surface area contributed by atoms with Gasteiger partial charge in [-0.3, -0.25) is 4.79 Å². The maximum atomic E-state index is 13.1. The zero-order valence-corrected chi connectivity index (χ0v) is 17.0. The third kappa shape index (κ3) is 4.39. The molecule has 5 heteroatoms. The van der Waals surface area contributed by atoms with Gasteiger partial charge in [-0.25, -0.2) is 0 Å². The highest BCUT2D eigenvalue weighted by Gasteiger charge is 2.32. The minimum absolute atomic E-state index is 0.0174. The minimum Gasteiger partial charge on any atom is -0.339 e. The van der Waals surface area contributed by atoms with Gasteiger partial charge in [0.05, 0.1) is 6.04 Å². The fourth-order valence-corrected chi connectivity index (χ4v) is 3.69. The molecular formula is C24H27N3O2. The molecule has 2 aromatic carbocycles. The number of rotatable bonds is 7. The molecule has 29 heavy (non-hydrogen) atoms. The zero-order chi connectivity index (χ0) is 20.2. The molecule has 1 aliphatic rings. The molecule has 1 saturated carbocycles. The molecule has 150 valence electrons. The van der Waals surface area contributed by atoms with Crippen molar-refractivity contribution in [2.24, 2.45) is 5.92 Å². The van der Waals surface area contributed by atoms with E-state index < -0.39 is 0 Å². The van der Waals surface area contributed by atoms with Gasteiger partial charge in [0.1, 0.15) is 0 Å². The topological polar surface area (TPSA) is 59.2 Å². The van der Waals surface area contributed by atoms with Gasteiger partial charge in [-0.1, -0.05) is 71.7 Å². The molecule has 0 saturated heterocycles. The second-order valence-corrected chi connectivity index (χ2v) is 7.87. The van der Waals surface area contributed by atoms with E-state index >= 15 is 0 Å². The summed E-state index contributed by atoms with van der Waals surface area (Å²) in [5.74, 6) is 1.55. The van der Waals surface area contributed by atoms with Crippen molar-refractivity contribution in [1.29, 1.82) is 0 Å². The maximum Gasteiger partial charge on any atom is 0.228 e.